The van der Waals surface area contributed by atoms with Gasteiger partial charge in [-0.1, -0.05) is 30.3 Å². The fraction of sp³-hybridized carbons (Fsp3) is 0.150. The number of amides is 1. The van der Waals surface area contributed by atoms with Crippen LogP contribution in [0.2, 0.25) is 0 Å². The van der Waals surface area contributed by atoms with Crippen molar-refractivity contribution >= 4 is 33.8 Å². The molecule has 0 spiro atoms. The van der Waals surface area contributed by atoms with Crippen LogP contribution in [0.1, 0.15) is 34.8 Å². The highest BCUT2D eigenvalue weighted by atomic mass is 16.1. The molecule has 25 heavy (non-hydrogen) atoms. The highest BCUT2D eigenvalue weighted by molar-refractivity contribution is 6.12. The van der Waals surface area contributed by atoms with Crippen molar-refractivity contribution in [1.82, 2.24) is 15.0 Å². The molecule has 1 saturated carbocycles. The molecular weight excluding hydrogens is 312 g/mol. The fourth-order valence-electron chi connectivity index (χ4n) is 3.16. The lowest BCUT2D eigenvalue weighted by Gasteiger charge is -2.09. The van der Waals surface area contributed by atoms with Gasteiger partial charge < -0.3 is 4.98 Å². The average molecular weight is 328 g/mol. The Balaban J connectivity index is 1.56. The summed E-state index contributed by atoms with van der Waals surface area (Å²) in [4.78, 5) is 25.2. The topological polar surface area (TPSA) is 70.7 Å². The van der Waals surface area contributed by atoms with E-state index in [2.05, 4.69) is 15.3 Å². The molecule has 0 bridgehead atoms. The number of carbonyl (C=O) groups excluding carboxylic acids is 1. The van der Waals surface area contributed by atoms with E-state index >= 15 is 0 Å². The van der Waals surface area contributed by atoms with Gasteiger partial charge in [-0.2, -0.15) is 0 Å². The zero-order chi connectivity index (χ0) is 16.8. The predicted octanol–water partition coefficient (Wildman–Crippen LogP) is 4.24. The monoisotopic (exact) mass is 328 g/mol. The van der Waals surface area contributed by atoms with Crippen LogP contribution < -0.4 is 5.32 Å². The summed E-state index contributed by atoms with van der Waals surface area (Å²) in [6.45, 7) is 0. The quantitative estimate of drug-likeness (QED) is 0.591. The van der Waals surface area contributed by atoms with Gasteiger partial charge in [-0.15, -0.1) is 0 Å². The number of benzene rings is 2. The minimum absolute atomic E-state index is 0.167. The van der Waals surface area contributed by atoms with Crippen molar-refractivity contribution in [1.29, 1.82) is 0 Å². The third-order valence-electron chi connectivity index (χ3n) is 4.60. The lowest BCUT2D eigenvalue weighted by Crippen LogP contribution is -2.14. The summed E-state index contributed by atoms with van der Waals surface area (Å²) in [5.74, 6) is 0.780. The maximum atomic E-state index is 12.9. The summed E-state index contributed by atoms with van der Waals surface area (Å²) in [5, 5.41) is 3.75. The van der Waals surface area contributed by atoms with Gasteiger partial charge in [-0.25, -0.2) is 4.98 Å². The molecule has 1 aliphatic rings. The van der Waals surface area contributed by atoms with Crippen molar-refractivity contribution in [2.75, 3.05) is 5.32 Å². The number of para-hydroxylation sites is 3. The van der Waals surface area contributed by atoms with Gasteiger partial charge in [0.05, 0.1) is 22.1 Å². The first-order valence-electron chi connectivity index (χ1n) is 8.44. The standard InChI is InChI=1S/C20H16N4O/c25-19(24-20-22-16-7-3-4-8-17(16)23-20)14-11-18(12-9-10-12)21-15-6-2-1-5-13(14)15/h1-8,11-12H,9-10H2,(H2,22,23,24,25). The maximum absolute atomic E-state index is 12.9. The Labute approximate surface area is 144 Å². The molecular formula is C20H16N4O. The Morgan fingerprint density at radius 3 is 2.56 bits per heavy atom. The molecule has 0 atom stereocenters. The number of pyridine rings is 1. The zero-order valence-corrected chi connectivity index (χ0v) is 13.5. The average Bonchev–Trinajstić information content (AvgIpc) is 3.41. The Hall–Kier alpha value is -3.21. The molecule has 4 aromatic rings. The number of carbonyl (C=O) groups is 1. The van der Waals surface area contributed by atoms with Crippen LogP contribution in [-0.4, -0.2) is 20.9 Å². The second-order valence-electron chi connectivity index (χ2n) is 6.44. The van der Waals surface area contributed by atoms with Crippen LogP contribution in [0, 0.1) is 0 Å². The van der Waals surface area contributed by atoms with Crippen molar-refractivity contribution in [2.24, 2.45) is 0 Å². The number of nitrogens with one attached hydrogen (secondary N) is 2. The summed E-state index contributed by atoms with van der Waals surface area (Å²) in [6, 6.07) is 17.4. The second-order valence-corrected chi connectivity index (χ2v) is 6.44. The highest BCUT2D eigenvalue weighted by Crippen LogP contribution is 2.40. The number of nitrogens with zero attached hydrogens (tertiary/aromatic N) is 2. The van der Waals surface area contributed by atoms with Gasteiger partial charge in [0, 0.05) is 17.0 Å². The summed E-state index contributed by atoms with van der Waals surface area (Å²) in [6.07, 6.45) is 2.30. The van der Waals surface area contributed by atoms with E-state index < -0.39 is 0 Å². The van der Waals surface area contributed by atoms with Crippen molar-refractivity contribution in [3.8, 4) is 0 Å². The molecule has 5 heteroatoms. The molecule has 2 heterocycles. The molecule has 122 valence electrons. The van der Waals surface area contributed by atoms with Crippen LogP contribution in [0.5, 0.6) is 0 Å². The van der Waals surface area contributed by atoms with E-state index in [-0.39, 0.29) is 5.91 Å². The van der Waals surface area contributed by atoms with Gasteiger partial charge in [0.25, 0.3) is 5.91 Å². The van der Waals surface area contributed by atoms with Gasteiger partial charge in [0.2, 0.25) is 5.95 Å². The van der Waals surface area contributed by atoms with Gasteiger partial charge in [-0.05, 0) is 37.1 Å². The number of aromatic nitrogens is 3. The van der Waals surface area contributed by atoms with Crippen LogP contribution in [0.4, 0.5) is 5.95 Å². The molecule has 5 nitrogen and oxygen atoms in total. The Kier molecular flexibility index (Phi) is 3.06. The van der Waals surface area contributed by atoms with Crippen LogP contribution >= 0.6 is 0 Å². The van der Waals surface area contributed by atoms with Crippen molar-refractivity contribution in [3.63, 3.8) is 0 Å². The zero-order valence-electron chi connectivity index (χ0n) is 13.5. The molecule has 1 fully saturated rings. The van der Waals surface area contributed by atoms with E-state index in [1.807, 2.05) is 54.6 Å². The fourth-order valence-corrected chi connectivity index (χ4v) is 3.16. The van der Waals surface area contributed by atoms with Crippen molar-refractivity contribution in [2.45, 2.75) is 18.8 Å². The van der Waals surface area contributed by atoms with Crippen molar-refractivity contribution in [3.05, 3.63) is 65.9 Å². The largest absolute Gasteiger partial charge is 0.324 e. The number of hydrogen-bond donors (Lipinski definition) is 2. The number of rotatable bonds is 3. The molecule has 0 saturated heterocycles. The Bertz CT molecular complexity index is 1080. The number of fused-ring (bicyclic) bond motifs is 2. The normalized spacial score (nSPS) is 14.1. The van der Waals surface area contributed by atoms with E-state index in [9.17, 15) is 4.79 Å². The van der Waals surface area contributed by atoms with Crippen LogP contribution in [0.15, 0.2) is 54.6 Å². The maximum Gasteiger partial charge on any atom is 0.258 e. The third kappa shape index (κ3) is 2.54. The van der Waals surface area contributed by atoms with E-state index in [0.717, 1.165) is 40.5 Å². The lowest BCUT2D eigenvalue weighted by molar-refractivity contribution is 0.102. The molecule has 1 aliphatic carbocycles. The van der Waals surface area contributed by atoms with E-state index in [0.29, 0.717) is 17.4 Å². The first-order chi connectivity index (χ1) is 12.3. The Morgan fingerprint density at radius 1 is 1.00 bits per heavy atom. The smallest absolute Gasteiger partial charge is 0.258 e. The van der Waals surface area contributed by atoms with Crippen LogP contribution in [0.3, 0.4) is 0 Å². The Morgan fingerprint density at radius 2 is 1.76 bits per heavy atom. The van der Waals surface area contributed by atoms with Crippen molar-refractivity contribution < 1.29 is 4.79 Å². The van der Waals surface area contributed by atoms with Gasteiger partial charge in [0.1, 0.15) is 0 Å². The molecule has 2 N–H and O–H groups in total. The molecule has 0 unspecified atom stereocenters. The SMILES string of the molecule is O=C(Nc1nc2ccccc2[nH]1)c1cc(C2CC2)nc2ccccc12. The highest BCUT2D eigenvalue weighted by Gasteiger charge is 2.27. The molecule has 2 aromatic heterocycles. The lowest BCUT2D eigenvalue weighted by atomic mass is 10.1. The number of imidazole rings is 1. The minimum Gasteiger partial charge on any atom is -0.324 e. The molecule has 1 amide bonds. The van der Waals surface area contributed by atoms with Gasteiger partial charge >= 0.3 is 0 Å². The first kappa shape index (κ1) is 14.2. The van der Waals surface area contributed by atoms with Crippen LogP contribution in [-0.2, 0) is 0 Å². The molecule has 0 aliphatic heterocycles. The second kappa shape index (κ2) is 5.41. The number of H-pyrrole nitrogens is 1. The van der Waals surface area contributed by atoms with Gasteiger partial charge in [0.15, 0.2) is 0 Å². The minimum atomic E-state index is -0.167. The summed E-state index contributed by atoms with van der Waals surface area (Å²) in [5.41, 5.74) is 4.25. The van der Waals surface area contributed by atoms with E-state index in [1.165, 1.54) is 0 Å². The number of anilines is 1. The number of aromatic amines is 1. The summed E-state index contributed by atoms with van der Waals surface area (Å²) >= 11 is 0. The molecule has 2 aromatic carbocycles. The van der Waals surface area contributed by atoms with Gasteiger partial charge in [-0.3, -0.25) is 15.1 Å². The third-order valence-corrected chi connectivity index (χ3v) is 4.60. The summed E-state index contributed by atoms with van der Waals surface area (Å²) < 4.78 is 0. The van der Waals surface area contributed by atoms with E-state index in [1.54, 1.807) is 0 Å². The van der Waals surface area contributed by atoms with Crippen LogP contribution in [0.25, 0.3) is 21.9 Å². The first-order valence-corrected chi connectivity index (χ1v) is 8.44. The predicted molar refractivity (Wildman–Crippen MR) is 97.8 cm³/mol. The summed E-state index contributed by atoms with van der Waals surface area (Å²) in [7, 11) is 0. The number of hydrogen-bond acceptors (Lipinski definition) is 3. The van der Waals surface area contributed by atoms with E-state index in [4.69, 9.17) is 4.98 Å². The molecule has 5 rings (SSSR count). The molecule has 0 radical (unpaired) electrons.